The smallest absolute Gasteiger partial charge is 0.115 e. The number of hydrogen-bond acceptors (Lipinski definition) is 2. The molecule has 0 amide bonds. The summed E-state index contributed by atoms with van der Waals surface area (Å²) in [6.45, 7) is 1.28. The maximum atomic E-state index is 12.1. The van der Waals surface area contributed by atoms with E-state index in [1.54, 1.807) is 0 Å². The van der Waals surface area contributed by atoms with Crippen molar-refractivity contribution >= 4 is 24.8 Å². The predicted molar refractivity (Wildman–Crippen MR) is 69.1 cm³/mol. The van der Waals surface area contributed by atoms with Crippen LogP contribution in [0.5, 0.6) is 0 Å². The van der Waals surface area contributed by atoms with Crippen molar-refractivity contribution in [2.45, 2.75) is 37.5 Å². The van der Waals surface area contributed by atoms with Gasteiger partial charge in [-0.3, -0.25) is 0 Å². The van der Waals surface area contributed by atoms with Crippen LogP contribution in [0, 0.1) is 0 Å². The van der Waals surface area contributed by atoms with Gasteiger partial charge >= 0.3 is 0 Å². The second kappa shape index (κ2) is 11.1. The summed E-state index contributed by atoms with van der Waals surface area (Å²) in [4.78, 5) is 0. The van der Waals surface area contributed by atoms with Crippen molar-refractivity contribution < 1.29 is 17.6 Å². The summed E-state index contributed by atoms with van der Waals surface area (Å²) in [5.41, 5.74) is 0. The Bertz CT molecular complexity index is 167. The van der Waals surface area contributed by atoms with Gasteiger partial charge in [0.15, 0.2) is 0 Å². The van der Waals surface area contributed by atoms with Gasteiger partial charge in [0, 0.05) is 39.0 Å². The molecule has 0 saturated carbocycles. The molecule has 0 radical (unpaired) electrons. The second-order valence-corrected chi connectivity index (χ2v) is 4.18. The van der Waals surface area contributed by atoms with Crippen molar-refractivity contribution in [3.05, 3.63) is 0 Å². The molecule has 0 aromatic carbocycles. The lowest BCUT2D eigenvalue weighted by molar-refractivity contribution is 0.173. The van der Waals surface area contributed by atoms with E-state index in [2.05, 4.69) is 10.6 Å². The summed E-state index contributed by atoms with van der Waals surface area (Å²) in [5, 5.41) is 5.27. The molecule has 0 unspecified atom stereocenters. The van der Waals surface area contributed by atoms with Crippen LogP contribution in [0.15, 0.2) is 0 Å². The standard InChI is InChI=1S/2C5H9F2N.2ClH/c2*6-4-1-5(7)3-8-2-4;;/h2*4-5,8H,1-3H2;2*1H/t2*4-,5-;;/m10../s1. The SMILES string of the molecule is Cl.Cl.F[C@@H]1CNC[C@@H](F)C1.F[C@H]1CNC[C@H](F)C1. The van der Waals surface area contributed by atoms with Crippen molar-refractivity contribution in [3.8, 4) is 0 Å². The van der Waals surface area contributed by atoms with E-state index < -0.39 is 24.7 Å². The molecule has 4 atom stereocenters. The number of nitrogens with one attached hydrogen (secondary N) is 2. The van der Waals surface area contributed by atoms with E-state index in [4.69, 9.17) is 0 Å². The summed E-state index contributed by atoms with van der Waals surface area (Å²) in [7, 11) is 0. The molecule has 2 rings (SSSR count). The molecular formula is C10H20Cl2F4N2. The summed E-state index contributed by atoms with van der Waals surface area (Å²) < 4.78 is 48.5. The molecule has 2 saturated heterocycles. The highest BCUT2D eigenvalue weighted by Gasteiger charge is 2.20. The predicted octanol–water partition coefficient (Wildman–Crippen LogP) is 2.16. The largest absolute Gasteiger partial charge is 0.311 e. The average Bonchev–Trinajstić information content (AvgIpc) is 2.17. The van der Waals surface area contributed by atoms with E-state index in [0.29, 0.717) is 26.2 Å². The number of alkyl halides is 4. The highest BCUT2D eigenvalue weighted by Crippen LogP contribution is 2.09. The molecule has 2 aliphatic rings. The molecule has 2 fully saturated rings. The average molecular weight is 315 g/mol. The van der Waals surface area contributed by atoms with Crippen molar-refractivity contribution in [1.29, 1.82) is 0 Å². The van der Waals surface area contributed by atoms with Crippen LogP contribution < -0.4 is 10.6 Å². The number of piperidine rings is 2. The molecule has 2 heterocycles. The first-order valence-electron chi connectivity index (χ1n) is 5.55. The molecular weight excluding hydrogens is 295 g/mol. The van der Waals surface area contributed by atoms with Crippen molar-refractivity contribution in [2.75, 3.05) is 26.2 Å². The molecule has 2 N–H and O–H groups in total. The molecule has 8 heteroatoms. The normalized spacial score (nSPS) is 35.3. The van der Waals surface area contributed by atoms with Crippen LogP contribution in [-0.2, 0) is 0 Å². The Hall–Kier alpha value is 0.220. The van der Waals surface area contributed by atoms with Crippen LogP contribution in [-0.4, -0.2) is 50.9 Å². The zero-order valence-electron chi connectivity index (χ0n) is 9.88. The number of hydrogen-bond donors (Lipinski definition) is 2. The van der Waals surface area contributed by atoms with Crippen LogP contribution >= 0.6 is 24.8 Å². The highest BCUT2D eigenvalue weighted by molar-refractivity contribution is 5.85. The first kappa shape index (κ1) is 20.5. The minimum atomic E-state index is -0.973. The Kier molecular flexibility index (Phi) is 12.6. The van der Waals surface area contributed by atoms with Gasteiger partial charge < -0.3 is 10.6 Å². The van der Waals surface area contributed by atoms with Crippen LogP contribution in [0.1, 0.15) is 12.8 Å². The Labute approximate surface area is 117 Å². The summed E-state index contributed by atoms with van der Waals surface area (Å²) in [6, 6.07) is 0. The minimum absolute atomic E-state index is 0. The Morgan fingerprint density at radius 1 is 0.556 bits per heavy atom. The Morgan fingerprint density at radius 2 is 0.778 bits per heavy atom. The van der Waals surface area contributed by atoms with E-state index in [-0.39, 0.29) is 37.7 Å². The second-order valence-electron chi connectivity index (χ2n) is 4.18. The van der Waals surface area contributed by atoms with Crippen LogP contribution in [0.25, 0.3) is 0 Å². The summed E-state index contributed by atoms with van der Waals surface area (Å²) in [5.74, 6) is 0. The van der Waals surface area contributed by atoms with Gasteiger partial charge in [-0.05, 0) is 0 Å². The van der Waals surface area contributed by atoms with Crippen LogP contribution in [0.2, 0.25) is 0 Å². The Balaban J connectivity index is 0. The van der Waals surface area contributed by atoms with Gasteiger partial charge in [0.25, 0.3) is 0 Å². The lowest BCUT2D eigenvalue weighted by atomic mass is 10.1. The van der Waals surface area contributed by atoms with Gasteiger partial charge in [-0.2, -0.15) is 0 Å². The molecule has 112 valence electrons. The molecule has 2 nitrogen and oxygen atoms in total. The molecule has 0 spiro atoms. The van der Waals surface area contributed by atoms with E-state index in [9.17, 15) is 17.6 Å². The van der Waals surface area contributed by atoms with Crippen molar-refractivity contribution in [2.24, 2.45) is 0 Å². The summed E-state index contributed by atoms with van der Waals surface area (Å²) in [6.07, 6.45) is -3.74. The van der Waals surface area contributed by atoms with Crippen LogP contribution in [0.3, 0.4) is 0 Å². The molecule has 0 aromatic heterocycles. The van der Waals surface area contributed by atoms with E-state index >= 15 is 0 Å². The van der Waals surface area contributed by atoms with Gasteiger partial charge in [-0.1, -0.05) is 0 Å². The van der Waals surface area contributed by atoms with Crippen molar-refractivity contribution in [1.82, 2.24) is 10.6 Å². The van der Waals surface area contributed by atoms with Gasteiger partial charge in [-0.25, -0.2) is 17.6 Å². The van der Waals surface area contributed by atoms with E-state index in [1.165, 1.54) is 0 Å². The minimum Gasteiger partial charge on any atom is -0.311 e. The molecule has 18 heavy (non-hydrogen) atoms. The maximum absolute atomic E-state index is 12.1. The van der Waals surface area contributed by atoms with Gasteiger partial charge in [0.1, 0.15) is 24.7 Å². The first-order valence-corrected chi connectivity index (χ1v) is 5.55. The maximum Gasteiger partial charge on any atom is 0.115 e. The molecule has 2 aliphatic heterocycles. The summed E-state index contributed by atoms with van der Waals surface area (Å²) >= 11 is 0. The molecule has 0 bridgehead atoms. The fraction of sp³-hybridized carbons (Fsp3) is 1.00. The van der Waals surface area contributed by atoms with E-state index in [1.807, 2.05) is 0 Å². The number of rotatable bonds is 0. The highest BCUT2D eigenvalue weighted by atomic mass is 35.5. The number of halogens is 6. The monoisotopic (exact) mass is 314 g/mol. The first-order chi connectivity index (χ1) is 7.58. The lowest BCUT2D eigenvalue weighted by Gasteiger charge is -2.18. The third-order valence-corrected chi connectivity index (χ3v) is 2.49. The quantitative estimate of drug-likeness (QED) is 0.670. The van der Waals surface area contributed by atoms with Gasteiger partial charge in [-0.15, -0.1) is 24.8 Å². The van der Waals surface area contributed by atoms with Crippen molar-refractivity contribution in [3.63, 3.8) is 0 Å². The zero-order valence-corrected chi connectivity index (χ0v) is 11.5. The fourth-order valence-corrected chi connectivity index (χ4v) is 1.68. The molecule has 0 aromatic rings. The fourth-order valence-electron chi connectivity index (χ4n) is 1.68. The van der Waals surface area contributed by atoms with Crippen LogP contribution in [0.4, 0.5) is 17.6 Å². The Morgan fingerprint density at radius 3 is 0.889 bits per heavy atom. The van der Waals surface area contributed by atoms with Gasteiger partial charge in [0.2, 0.25) is 0 Å². The van der Waals surface area contributed by atoms with Gasteiger partial charge in [0.05, 0.1) is 0 Å². The zero-order chi connectivity index (χ0) is 12.0. The lowest BCUT2D eigenvalue weighted by Crippen LogP contribution is -2.38. The molecule has 0 aliphatic carbocycles. The third kappa shape index (κ3) is 9.19. The van der Waals surface area contributed by atoms with E-state index in [0.717, 1.165) is 0 Å². The third-order valence-electron chi connectivity index (χ3n) is 2.49. The topological polar surface area (TPSA) is 24.1 Å².